The van der Waals surface area contributed by atoms with Crippen molar-refractivity contribution >= 4 is 17.2 Å². The molecule has 4 heteroatoms. The summed E-state index contributed by atoms with van der Waals surface area (Å²) >= 11 is 1.47. The third-order valence-electron chi connectivity index (χ3n) is 3.66. The molecular formula is C18H23NO2S. The topological polar surface area (TPSA) is 49.3 Å². The molecule has 2 atom stereocenters. The maximum Gasteiger partial charge on any atom is 0.261 e. The van der Waals surface area contributed by atoms with Gasteiger partial charge in [-0.1, -0.05) is 44.2 Å². The first-order chi connectivity index (χ1) is 10.5. The molecule has 0 aliphatic carbocycles. The largest absolute Gasteiger partial charge is 0.388 e. The van der Waals surface area contributed by atoms with E-state index in [2.05, 4.69) is 19.2 Å². The molecule has 0 saturated carbocycles. The van der Waals surface area contributed by atoms with Crippen molar-refractivity contribution in [2.24, 2.45) is 0 Å². The summed E-state index contributed by atoms with van der Waals surface area (Å²) in [4.78, 5) is 13.2. The standard InChI is InChI=1S/C18H23NO2S/c1-12(2)15-9-10-22-17(15)18(21)19-13(3)11-16(20)14-7-5-4-6-8-14/h4-10,12-13,16,20H,11H2,1-3H3,(H,19,21). The SMILES string of the molecule is CC(CC(O)c1ccccc1)NC(=O)c1sccc1C(C)C. The predicted molar refractivity (Wildman–Crippen MR) is 91.4 cm³/mol. The minimum Gasteiger partial charge on any atom is -0.388 e. The fourth-order valence-electron chi connectivity index (χ4n) is 2.45. The van der Waals surface area contributed by atoms with Crippen molar-refractivity contribution < 1.29 is 9.90 Å². The summed E-state index contributed by atoms with van der Waals surface area (Å²) in [6.45, 7) is 6.09. The molecule has 2 N–H and O–H groups in total. The number of nitrogens with one attached hydrogen (secondary N) is 1. The summed E-state index contributed by atoms with van der Waals surface area (Å²) in [6, 6.07) is 11.4. The van der Waals surface area contributed by atoms with Crippen LogP contribution in [0.4, 0.5) is 0 Å². The summed E-state index contributed by atoms with van der Waals surface area (Å²) in [5.74, 6) is 0.281. The average Bonchev–Trinajstić information content (AvgIpc) is 2.97. The Bertz CT molecular complexity index is 607. The molecule has 22 heavy (non-hydrogen) atoms. The lowest BCUT2D eigenvalue weighted by atomic mass is 10.0. The molecule has 0 saturated heterocycles. The molecule has 1 aromatic heterocycles. The van der Waals surface area contributed by atoms with E-state index < -0.39 is 6.10 Å². The maximum absolute atomic E-state index is 12.4. The van der Waals surface area contributed by atoms with Gasteiger partial charge in [-0.25, -0.2) is 0 Å². The van der Waals surface area contributed by atoms with Crippen LogP contribution >= 0.6 is 11.3 Å². The zero-order valence-corrected chi connectivity index (χ0v) is 14.1. The minimum atomic E-state index is -0.565. The van der Waals surface area contributed by atoms with Gasteiger partial charge in [0, 0.05) is 6.04 Å². The molecule has 118 valence electrons. The molecule has 0 radical (unpaired) electrons. The number of thiophene rings is 1. The van der Waals surface area contributed by atoms with Crippen LogP contribution in [0.3, 0.4) is 0 Å². The van der Waals surface area contributed by atoms with E-state index in [1.807, 2.05) is 48.7 Å². The molecule has 0 bridgehead atoms. The number of carbonyl (C=O) groups is 1. The van der Waals surface area contributed by atoms with Crippen molar-refractivity contribution in [2.45, 2.75) is 45.3 Å². The Kier molecular flexibility index (Phi) is 5.75. The van der Waals surface area contributed by atoms with Gasteiger partial charge < -0.3 is 10.4 Å². The van der Waals surface area contributed by atoms with Crippen LogP contribution in [0.15, 0.2) is 41.8 Å². The van der Waals surface area contributed by atoms with E-state index in [0.717, 1.165) is 16.0 Å². The zero-order chi connectivity index (χ0) is 16.1. The molecule has 0 fully saturated rings. The Hall–Kier alpha value is -1.65. The number of aliphatic hydroxyl groups excluding tert-OH is 1. The molecule has 1 heterocycles. The maximum atomic E-state index is 12.4. The third-order valence-corrected chi connectivity index (χ3v) is 4.59. The van der Waals surface area contributed by atoms with E-state index >= 15 is 0 Å². The number of amides is 1. The Balaban J connectivity index is 1.95. The van der Waals surface area contributed by atoms with Crippen LogP contribution < -0.4 is 5.32 Å². The predicted octanol–water partition coefficient (Wildman–Crippen LogP) is 4.11. The summed E-state index contributed by atoms with van der Waals surface area (Å²) < 4.78 is 0. The Morgan fingerprint density at radius 2 is 1.86 bits per heavy atom. The van der Waals surface area contributed by atoms with Gasteiger partial charge in [0.15, 0.2) is 0 Å². The van der Waals surface area contributed by atoms with Gasteiger partial charge in [0.2, 0.25) is 0 Å². The highest BCUT2D eigenvalue weighted by Crippen LogP contribution is 2.25. The number of benzene rings is 1. The summed E-state index contributed by atoms with van der Waals surface area (Å²) in [7, 11) is 0. The number of rotatable bonds is 6. The lowest BCUT2D eigenvalue weighted by molar-refractivity contribution is 0.0920. The first-order valence-electron chi connectivity index (χ1n) is 7.60. The Labute approximate surface area is 136 Å². The lowest BCUT2D eigenvalue weighted by Crippen LogP contribution is -2.33. The highest BCUT2D eigenvalue weighted by Gasteiger charge is 2.19. The fourth-order valence-corrected chi connectivity index (χ4v) is 3.41. The van der Waals surface area contributed by atoms with Crippen LogP contribution in [0.2, 0.25) is 0 Å². The smallest absolute Gasteiger partial charge is 0.261 e. The second kappa shape index (κ2) is 7.56. The number of hydrogen-bond donors (Lipinski definition) is 2. The fraction of sp³-hybridized carbons (Fsp3) is 0.389. The molecule has 1 aromatic carbocycles. The minimum absolute atomic E-state index is 0.0496. The van der Waals surface area contributed by atoms with Gasteiger partial charge in [-0.2, -0.15) is 0 Å². The highest BCUT2D eigenvalue weighted by atomic mass is 32.1. The van der Waals surface area contributed by atoms with E-state index in [1.165, 1.54) is 11.3 Å². The van der Waals surface area contributed by atoms with Crippen molar-refractivity contribution in [2.75, 3.05) is 0 Å². The molecule has 3 nitrogen and oxygen atoms in total. The van der Waals surface area contributed by atoms with Gasteiger partial charge in [0.1, 0.15) is 0 Å². The molecule has 0 aliphatic heterocycles. The third kappa shape index (κ3) is 4.18. The number of aliphatic hydroxyl groups is 1. The molecule has 0 spiro atoms. The van der Waals surface area contributed by atoms with Crippen molar-refractivity contribution in [3.63, 3.8) is 0 Å². The van der Waals surface area contributed by atoms with Crippen LogP contribution in [0.1, 0.15) is 60.0 Å². The van der Waals surface area contributed by atoms with E-state index in [0.29, 0.717) is 12.3 Å². The average molecular weight is 317 g/mol. The van der Waals surface area contributed by atoms with Crippen molar-refractivity contribution in [1.82, 2.24) is 5.32 Å². The summed E-state index contributed by atoms with van der Waals surface area (Å²) in [5, 5.41) is 15.2. The van der Waals surface area contributed by atoms with Crippen LogP contribution in [-0.4, -0.2) is 17.1 Å². The normalized spacial score (nSPS) is 13.9. The van der Waals surface area contributed by atoms with Crippen molar-refractivity contribution in [3.8, 4) is 0 Å². The number of hydrogen-bond acceptors (Lipinski definition) is 3. The van der Waals surface area contributed by atoms with Crippen LogP contribution in [0, 0.1) is 0 Å². The van der Waals surface area contributed by atoms with Gasteiger partial charge in [-0.15, -0.1) is 11.3 Å². The van der Waals surface area contributed by atoms with Crippen LogP contribution in [-0.2, 0) is 0 Å². The van der Waals surface area contributed by atoms with Crippen molar-refractivity contribution in [3.05, 3.63) is 57.8 Å². The molecule has 2 rings (SSSR count). The summed E-state index contributed by atoms with van der Waals surface area (Å²) in [6.07, 6.45) is -0.0672. The molecule has 2 aromatic rings. The van der Waals surface area contributed by atoms with Crippen molar-refractivity contribution in [1.29, 1.82) is 0 Å². The number of carbonyl (C=O) groups excluding carboxylic acids is 1. The molecular weight excluding hydrogens is 294 g/mol. The van der Waals surface area contributed by atoms with Crippen LogP contribution in [0.5, 0.6) is 0 Å². The first-order valence-corrected chi connectivity index (χ1v) is 8.48. The first kappa shape index (κ1) is 16.7. The van der Waals surface area contributed by atoms with E-state index in [9.17, 15) is 9.90 Å². The zero-order valence-electron chi connectivity index (χ0n) is 13.2. The summed E-state index contributed by atoms with van der Waals surface area (Å²) in [5.41, 5.74) is 1.96. The Morgan fingerprint density at radius 3 is 2.50 bits per heavy atom. The van der Waals surface area contributed by atoms with E-state index in [1.54, 1.807) is 0 Å². The monoisotopic (exact) mass is 317 g/mol. The second-order valence-electron chi connectivity index (χ2n) is 5.90. The van der Waals surface area contributed by atoms with Crippen LogP contribution in [0.25, 0.3) is 0 Å². The highest BCUT2D eigenvalue weighted by molar-refractivity contribution is 7.12. The molecule has 1 amide bonds. The van der Waals surface area contributed by atoms with Gasteiger partial charge in [0.25, 0.3) is 5.91 Å². The Morgan fingerprint density at radius 1 is 1.18 bits per heavy atom. The van der Waals surface area contributed by atoms with Gasteiger partial charge in [-0.3, -0.25) is 4.79 Å². The lowest BCUT2D eigenvalue weighted by Gasteiger charge is -2.18. The molecule has 2 unspecified atom stereocenters. The molecule has 0 aliphatic rings. The van der Waals surface area contributed by atoms with Gasteiger partial charge in [-0.05, 0) is 41.8 Å². The van der Waals surface area contributed by atoms with Gasteiger partial charge >= 0.3 is 0 Å². The second-order valence-corrected chi connectivity index (χ2v) is 6.81. The van der Waals surface area contributed by atoms with E-state index in [-0.39, 0.29) is 11.9 Å². The van der Waals surface area contributed by atoms with E-state index in [4.69, 9.17) is 0 Å². The van der Waals surface area contributed by atoms with Gasteiger partial charge in [0.05, 0.1) is 11.0 Å². The quantitative estimate of drug-likeness (QED) is 0.842.